The third-order valence-electron chi connectivity index (χ3n) is 2.66. The second-order valence-electron chi connectivity index (χ2n) is 3.74. The number of rotatable bonds is 3. The monoisotopic (exact) mass is 171 g/mol. The van der Waals surface area contributed by atoms with E-state index in [0.29, 0.717) is 18.2 Å². The minimum Gasteiger partial charge on any atom is -0.378 e. The number of hydrogen-bond acceptors (Lipinski definition) is 3. The fourth-order valence-electron chi connectivity index (χ4n) is 1.81. The summed E-state index contributed by atoms with van der Waals surface area (Å²) in [6, 6.07) is 1.06. The van der Waals surface area contributed by atoms with Crippen LogP contribution in [0, 0.1) is 0 Å². The molecule has 2 rings (SSSR count). The predicted molar refractivity (Wildman–Crippen MR) is 46.2 cm³/mol. The van der Waals surface area contributed by atoms with Crippen molar-refractivity contribution in [3.05, 3.63) is 0 Å². The van der Waals surface area contributed by atoms with Crippen LogP contribution in [-0.4, -0.2) is 38.0 Å². The van der Waals surface area contributed by atoms with Crippen molar-refractivity contribution in [2.45, 2.75) is 38.0 Å². The molecule has 0 aromatic heterocycles. The standard InChI is InChI=1S/C9H17NO2/c1-7(9-3-2-4-12-9)10-8-5-11-6-8/h7-10H,2-6H2,1H3. The summed E-state index contributed by atoms with van der Waals surface area (Å²) < 4.78 is 10.7. The Morgan fingerprint density at radius 2 is 2.25 bits per heavy atom. The van der Waals surface area contributed by atoms with Crippen molar-refractivity contribution in [3.8, 4) is 0 Å². The Morgan fingerprint density at radius 3 is 2.75 bits per heavy atom. The Bertz CT molecular complexity index is 141. The normalized spacial score (nSPS) is 33.2. The summed E-state index contributed by atoms with van der Waals surface area (Å²) in [5.74, 6) is 0. The summed E-state index contributed by atoms with van der Waals surface area (Å²) in [4.78, 5) is 0. The third kappa shape index (κ3) is 1.79. The van der Waals surface area contributed by atoms with Gasteiger partial charge in [0.2, 0.25) is 0 Å². The first-order valence-corrected chi connectivity index (χ1v) is 4.81. The molecule has 0 aliphatic carbocycles. The second-order valence-corrected chi connectivity index (χ2v) is 3.74. The van der Waals surface area contributed by atoms with Gasteiger partial charge in [-0.1, -0.05) is 0 Å². The van der Waals surface area contributed by atoms with Gasteiger partial charge in [0.1, 0.15) is 0 Å². The van der Waals surface area contributed by atoms with Gasteiger partial charge in [-0.25, -0.2) is 0 Å². The molecule has 3 nitrogen and oxygen atoms in total. The zero-order valence-electron chi connectivity index (χ0n) is 7.58. The molecule has 0 bridgehead atoms. The highest BCUT2D eigenvalue weighted by atomic mass is 16.5. The van der Waals surface area contributed by atoms with E-state index in [1.165, 1.54) is 12.8 Å². The van der Waals surface area contributed by atoms with Gasteiger partial charge in [-0.2, -0.15) is 0 Å². The molecule has 2 unspecified atom stereocenters. The average Bonchev–Trinajstić information content (AvgIpc) is 2.47. The van der Waals surface area contributed by atoms with Gasteiger partial charge in [0.15, 0.2) is 0 Å². The van der Waals surface area contributed by atoms with E-state index >= 15 is 0 Å². The van der Waals surface area contributed by atoms with E-state index in [2.05, 4.69) is 12.2 Å². The maximum Gasteiger partial charge on any atom is 0.0726 e. The molecular weight excluding hydrogens is 154 g/mol. The fourth-order valence-corrected chi connectivity index (χ4v) is 1.81. The van der Waals surface area contributed by atoms with Crippen molar-refractivity contribution < 1.29 is 9.47 Å². The summed E-state index contributed by atoms with van der Waals surface area (Å²) in [6.45, 7) is 4.89. The molecule has 2 saturated heterocycles. The molecule has 12 heavy (non-hydrogen) atoms. The van der Waals surface area contributed by atoms with Crippen molar-refractivity contribution in [1.82, 2.24) is 5.32 Å². The maximum absolute atomic E-state index is 5.58. The van der Waals surface area contributed by atoms with Gasteiger partial charge in [-0.15, -0.1) is 0 Å². The topological polar surface area (TPSA) is 30.5 Å². The van der Waals surface area contributed by atoms with Crippen molar-refractivity contribution in [1.29, 1.82) is 0 Å². The lowest BCUT2D eigenvalue weighted by Crippen LogP contribution is -2.52. The minimum absolute atomic E-state index is 0.436. The van der Waals surface area contributed by atoms with E-state index in [9.17, 15) is 0 Å². The zero-order valence-corrected chi connectivity index (χ0v) is 7.58. The van der Waals surface area contributed by atoms with Crippen LogP contribution in [0.1, 0.15) is 19.8 Å². The summed E-state index contributed by atoms with van der Waals surface area (Å²) in [6.07, 6.45) is 2.87. The van der Waals surface area contributed by atoms with Crippen LogP contribution < -0.4 is 5.32 Å². The Kier molecular flexibility index (Phi) is 2.63. The molecule has 2 aliphatic heterocycles. The van der Waals surface area contributed by atoms with Gasteiger partial charge in [0.05, 0.1) is 25.4 Å². The number of hydrogen-bond donors (Lipinski definition) is 1. The average molecular weight is 171 g/mol. The lowest BCUT2D eigenvalue weighted by Gasteiger charge is -2.32. The summed E-state index contributed by atoms with van der Waals surface area (Å²) >= 11 is 0. The Labute approximate surface area is 73.4 Å². The molecule has 0 spiro atoms. The Hall–Kier alpha value is -0.120. The second kappa shape index (κ2) is 3.73. The predicted octanol–water partition coefficient (Wildman–Crippen LogP) is 0.542. The molecule has 2 fully saturated rings. The quantitative estimate of drug-likeness (QED) is 0.672. The molecule has 2 atom stereocenters. The largest absolute Gasteiger partial charge is 0.378 e. The van der Waals surface area contributed by atoms with Crippen LogP contribution in [0.4, 0.5) is 0 Å². The Balaban J connectivity index is 1.71. The zero-order chi connectivity index (χ0) is 8.39. The molecule has 0 saturated carbocycles. The first-order chi connectivity index (χ1) is 5.86. The molecule has 70 valence electrons. The lowest BCUT2D eigenvalue weighted by molar-refractivity contribution is -0.0204. The first-order valence-electron chi connectivity index (χ1n) is 4.81. The van der Waals surface area contributed by atoms with Crippen LogP contribution in [0.5, 0.6) is 0 Å². The van der Waals surface area contributed by atoms with E-state index in [1.54, 1.807) is 0 Å². The maximum atomic E-state index is 5.58. The summed E-state index contributed by atoms with van der Waals surface area (Å²) in [5.41, 5.74) is 0. The first kappa shape index (κ1) is 8.48. The van der Waals surface area contributed by atoms with Crippen molar-refractivity contribution in [2.24, 2.45) is 0 Å². The van der Waals surface area contributed by atoms with Gasteiger partial charge in [0.25, 0.3) is 0 Å². The smallest absolute Gasteiger partial charge is 0.0726 e. The lowest BCUT2D eigenvalue weighted by atomic mass is 10.1. The number of nitrogens with one attached hydrogen (secondary N) is 1. The van der Waals surface area contributed by atoms with E-state index in [4.69, 9.17) is 9.47 Å². The van der Waals surface area contributed by atoms with Crippen LogP contribution in [-0.2, 0) is 9.47 Å². The van der Waals surface area contributed by atoms with E-state index in [0.717, 1.165) is 19.8 Å². The van der Waals surface area contributed by atoms with Crippen molar-refractivity contribution in [2.75, 3.05) is 19.8 Å². The molecule has 0 aromatic rings. The van der Waals surface area contributed by atoms with Crippen molar-refractivity contribution in [3.63, 3.8) is 0 Å². The van der Waals surface area contributed by atoms with Gasteiger partial charge >= 0.3 is 0 Å². The van der Waals surface area contributed by atoms with Crippen molar-refractivity contribution >= 4 is 0 Å². The molecule has 3 heteroatoms. The van der Waals surface area contributed by atoms with Crippen LogP contribution in [0.15, 0.2) is 0 Å². The van der Waals surface area contributed by atoms with Crippen LogP contribution in [0.2, 0.25) is 0 Å². The SMILES string of the molecule is CC(NC1COC1)C1CCCO1. The number of ether oxygens (including phenoxy) is 2. The summed E-state index contributed by atoms with van der Waals surface area (Å²) in [5, 5.41) is 3.51. The van der Waals surface area contributed by atoms with Gasteiger partial charge in [-0.05, 0) is 19.8 Å². The Morgan fingerprint density at radius 1 is 1.42 bits per heavy atom. The van der Waals surface area contributed by atoms with E-state index < -0.39 is 0 Å². The van der Waals surface area contributed by atoms with Gasteiger partial charge in [0, 0.05) is 12.6 Å². The van der Waals surface area contributed by atoms with Crippen LogP contribution >= 0.6 is 0 Å². The summed E-state index contributed by atoms with van der Waals surface area (Å²) in [7, 11) is 0. The highest BCUT2D eigenvalue weighted by Gasteiger charge is 2.26. The third-order valence-corrected chi connectivity index (χ3v) is 2.66. The van der Waals surface area contributed by atoms with Crippen LogP contribution in [0.25, 0.3) is 0 Å². The molecular formula is C9H17NO2. The minimum atomic E-state index is 0.436. The highest BCUT2D eigenvalue weighted by molar-refractivity contribution is 4.82. The van der Waals surface area contributed by atoms with Gasteiger partial charge in [-0.3, -0.25) is 0 Å². The highest BCUT2D eigenvalue weighted by Crippen LogP contribution is 2.16. The van der Waals surface area contributed by atoms with E-state index in [-0.39, 0.29) is 0 Å². The molecule has 0 aromatic carbocycles. The molecule has 1 N–H and O–H groups in total. The molecule has 2 heterocycles. The molecule has 0 amide bonds. The van der Waals surface area contributed by atoms with Gasteiger partial charge < -0.3 is 14.8 Å². The molecule has 0 radical (unpaired) electrons. The van der Waals surface area contributed by atoms with E-state index in [1.807, 2.05) is 0 Å². The molecule has 2 aliphatic rings. The van der Waals surface area contributed by atoms with Crippen LogP contribution in [0.3, 0.4) is 0 Å². The fraction of sp³-hybridized carbons (Fsp3) is 1.00.